The number of likely N-dealkylation sites (tertiary alicyclic amines) is 1. The molecule has 1 heterocycles. The number of carbonyl (C=O) groups is 1. The summed E-state index contributed by atoms with van der Waals surface area (Å²) in [5.41, 5.74) is -0.580. The second-order valence-electron chi connectivity index (χ2n) is 5.01. The summed E-state index contributed by atoms with van der Waals surface area (Å²) in [6, 6.07) is 0. The first-order valence-corrected chi connectivity index (χ1v) is 5.90. The van der Waals surface area contributed by atoms with Crippen LogP contribution in [0.2, 0.25) is 0 Å². The Labute approximate surface area is 92.5 Å². The van der Waals surface area contributed by atoms with Crippen LogP contribution in [0.1, 0.15) is 40.0 Å². The Morgan fingerprint density at radius 1 is 1.47 bits per heavy atom. The van der Waals surface area contributed by atoms with Gasteiger partial charge in [0.05, 0.1) is 5.60 Å². The summed E-state index contributed by atoms with van der Waals surface area (Å²) in [6.45, 7) is 8.18. The van der Waals surface area contributed by atoms with Crippen molar-refractivity contribution in [1.29, 1.82) is 0 Å². The quantitative estimate of drug-likeness (QED) is 0.768. The predicted molar refractivity (Wildman–Crippen MR) is 60.8 cm³/mol. The van der Waals surface area contributed by atoms with Crippen LogP contribution in [0.25, 0.3) is 0 Å². The molecule has 1 aliphatic heterocycles. The van der Waals surface area contributed by atoms with Gasteiger partial charge in [0.25, 0.3) is 0 Å². The number of carbonyl (C=O) groups excluding carboxylic acids is 1. The molecule has 0 bridgehead atoms. The van der Waals surface area contributed by atoms with E-state index in [2.05, 4.69) is 4.90 Å². The molecule has 15 heavy (non-hydrogen) atoms. The third-order valence-corrected chi connectivity index (χ3v) is 3.49. The molecule has 1 aliphatic rings. The van der Waals surface area contributed by atoms with Gasteiger partial charge in [-0.1, -0.05) is 6.92 Å². The van der Waals surface area contributed by atoms with Crippen molar-refractivity contribution in [3.63, 3.8) is 0 Å². The van der Waals surface area contributed by atoms with Crippen molar-refractivity contribution in [1.82, 2.24) is 4.90 Å². The zero-order chi connectivity index (χ0) is 11.5. The molecular formula is C12H23NO2. The average molecular weight is 213 g/mol. The molecule has 1 rings (SSSR count). The Morgan fingerprint density at radius 3 is 2.40 bits per heavy atom. The zero-order valence-corrected chi connectivity index (χ0v) is 10.1. The Kier molecular flexibility index (Phi) is 4.29. The highest BCUT2D eigenvalue weighted by molar-refractivity contribution is 5.78. The van der Waals surface area contributed by atoms with E-state index in [-0.39, 0.29) is 5.92 Å². The van der Waals surface area contributed by atoms with Crippen molar-refractivity contribution in [3.8, 4) is 0 Å². The topological polar surface area (TPSA) is 40.5 Å². The van der Waals surface area contributed by atoms with E-state index in [1.54, 1.807) is 6.92 Å². The van der Waals surface area contributed by atoms with Crippen LogP contribution in [0.4, 0.5) is 0 Å². The summed E-state index contributed by atoms with van der Waals surface area (Å²) >= 11 is 0. The van der Waals surface area contributed by atoms with E-state index in [1.807, 2.05) is 13.8 Å². The maximum absolute atomic E-state index is 11.2. The Balaban J connectivity index is 2.35. The fourth-order valence-electron chi connectivity index (χ4n) is 2.09. The summed E-state index contributed by atoms with van der Waals surface area (Å²) in [5.74, 6) is 0.574. The molecule has 1 N–H and O–H groups in total. The highest BCUT2D eigenvalue weighted by atomic mass is 16.3. The molecule has 3 nitrogen and oxygen atoms in total. The lowest BCUT2D eigenvalue weighted by molar-refractivity contribution is -0.122. The molecule has 0 amide bonds. The number of nitrogens with zero attached hydrogens (tertiary/aromatic N) is 1. The summed E-state index contributed by atoms with van der Waals surface area (Å²) < 4.78 is 0. The third-order valence-electron chi connectivity index (χ3n) is 3.49. The van der Waals surface area contributed by atoms with Gasteiger partial charge in [-0.2, -0.15) is 0 Å². The molecule has 0 aromatic heterocycles. The number of aliphatic hydroxyl groups is 1. The molecule has 0 aliphatic carbocycles. The zero-order valence-electron chi connectivity index (χ0n) is 10.1. The second kappa shape index (κ2) is 5.08. The van der Waals surface area contributed by atoms with Crippen molar-refractivity contribution < 1.29 is 9.90 Å². The lowest BCUT2D eigenvalue weighted by atomic mass is 9.92. The number of Topliss-reactive ketones (excluding diaryl/α,β-unsaturated/α-hetero) is 1. The number of ketones is 1. The SMILES string of the molecule is CCC(C)(O)CN1CCC(C(C)=O)CC1. The van der Waals surface area contributed by atoms with Crippen LogP contribution in [0.3, 0.4) is 0 Å². The van der Waals surface area contributed by atoms with Crippen molar-refractivity contribution >= 4 is 5.78 Å². The van der Waals surface area contributed by atoms with Gasteiger partial charge in [-0.3, -0.25) is 4.79 Å². The largest absolute Gasteiger partial charge is 0.389 e. The van der Waals surface area contributed by atoms with Gasteiger partial charge < -0.3 is 10.0 Å². The standard InChI is InChI=1S/C12H23NO2/c1-4-12(3,15)9-13-7-5-11(6-8-13)10(2)14/h11,15H,4-9H2,1-3H3. The Morgan fingerprint density at radius 2 is 2.00 bits per heavy atom. The normalized spacial score (nSPS) is 23.7. The van der Waals surface area contributed by atoms with Gasteiger partial charge in [-0.05, 0) is 46.2 Å². The van der Waals surface area contributed by atoms with Gasteiger partial charge in [0.15, 0.2) is 0 Å². The first kappa shape index (κ1) is 12.7. The summed E-state index contributed by atoms with van der Waals surface area (Å²) in [6.07, 6.45) is 2.68. The number of rotatable bonds is 4. The molecule has 0 aromatic carbocycles. The summed E-state index contributed by atoms with van der Waals surface area (Å²) in [7, 11) is 0. The summed E-state index contributed by atoms with van der Waals surface area (Å²) in [5, 5.41) is 9.94. The van der Waals surface area contributed by atoms with E-state index in [0.29, 0.717) is 5.78 Å². The van der Waals surface area contributed by atoms with Crippen LogP contribution in [0.5, 0.6) is 0 Å². The predicted octanol–water partition coefficient (Wildman–Crippen LogP) is 1.45. The molecule has 0 saturated carbocycles. The lowest BCUT2D eigenvalue weighted by Gasteiger charge is -2.35. The molecular weight excluding hydrogens is 190 g/mol. The number of piperidine rings is 1. The van der Waals surface area contributed by atoms with Crippen LogP contribution in [0, 0.1) is 5.92 Å². The van der Waals surface area contributed by atoms with Gasteiger partial charge >= 0.3 is 0 Å². The van der Waals surface area contributed by atoms with Crippen LogP contribution in [-0.2, 0) is 4.79 Å². The van der Waals surface area contributed by atoms with E-state index < -0.39 is 5.60 Å². The molecule has 0 aromatic rings. The van der Waals surface area contributed by atoms with E-state index in [4.69, 9.17) is 0 Å². The van der Waals surface area contributed by atoms with Crippen molar-refractivity contribution in [2.24, 2.45) is 5.92 Å². The highest BCUT2D eigenvalue weighted by Crippen LogP contribution is 2.20. The minimum Gasteiger partial charge on any atom is -0.389 e. The maximum Gasteiger partial charge on any atom is 0.133 e. The lowest BCUT2D eigenvalue weighted by Crippen LogP contribution is -2.44. The molecule has 1 atom stereocenters. The monoisotopic (exact) mass is 213 g/mol. The minimum absolute atomic E-state index is 0.257. The van der Waals surface area contributed by atoms with Crippen molar-refractivity contribution in [2.45, 2.75) is 45.6 Å². The number of β-amino-alcohol motifs (C(OH)–C–C–N with tert-alkyl or cyclic N) is 1. The first-order valence-electron chi connectivity index (χ1n) is 5.90. The van der Waals surface area contributed by atoms with E-state index in [9.17, 15) is 9.90 Å². The number of hydrogen-bond donors (Lipinski definition) is 1. The van der Waals surface area contributed by atoms with Crippen molar-refractivity contribution in [2.75, 3.05) is 19.6 Å². The molecule has 0 radical (unpaired) electrons. The fourth-order valence-corrected chi connectivity index (χ4v) is 2.09. The Hall–Kier alpha value is -0.410. The second-order valence-corrected chi connectivity index (χ2v) is 5.01. The molecule has 3 heteroatoms. The van der Waals surface area contributed by atoms with Gasteiger partial charge in [0, 0.05) is 12.5 Å². The number of hydrogen-bond acceptors (Lipinski definition) is 3. The minimum atomic E-state index is -0.580. The highest BCUT2D eigenvalue weighted by Gasteiger charge is 2.27. The first-order chi connectivity index (χ1) is 6.94. The van der Waals surface area contributed by atoms with Crippen LogP contribution >= 0.6 is 0 Å². The van der Waals surface area contributed by atoms with Gasteiger partial charge in [0.2, 0.25) is 0 Å². The molecule has 1 saturated heterocycles. The smallest absolute Gasteiger partial charge is 0.133 e. The van der Waals surface area contributed by atoms with Gasteiger partial charge in [-0.25, -0.2) is 0 Å². The van der Waals surface area contributed by atoms with Crippen LogP contribution in [-0.4, -0.2) is 41.0 Å². The van der Waals surface area contributed by atoms with Crippen LogP contribution in [0.15, 0.2) is 0 Å². The molecule has 88 valence electrons. The fraction of sp³-hybridized carbons (Fsp3) is 0.917. The van der Waals surface area contributed by atoms with Gasteiger partial charge in [-0.15, -0.1) is 0 Å². The van der Waals surface area contributed by atoms with E-state index in [0.717, 1.165) is 38.9 Å². The summed E-state index contributed by atoms with van der Waals surface area (Å²) in [4.78, 5) is 13.4. The third kappa shape index (κ3) is 3.92. The Bertz CT molecular complexity index is 218. The van der Waals surface area contributed by atoms with E-state index in [1.165, 1.54) is 0 Å². The molecule has 1 fully saturated rings. The molecule has 0 spiro atoms. The van der Waals surface area contributed by atoms with Crippen LogP contribution < -0.4 is 0 Å². The van der Waals surface area contributed by atoms with Gasteiger partial charge in [0.1, 0.15) is 5.78 Å². The maximum atomic E-state index is 11.2. The molecule has 1 unspecified atom stereocenters. The van der Waals surface area contributed by atoms with Crippen molar-refractivity contribution in [3.05, 3.63) is 0 Å². The van der Waals surface area contributed by atoms with E-state index >= 15 is 0 Å². The average Bonchev–Trinajstić information content (AvgIpc) is 2.18.